The van der Waals surface area contributed by atoms with E-state index in [4.69, 9.17) is 18.9 Å². The van der Waals surface area contributed by atoms with E-state index in [1.54, 1.807) is 78.8 Å². The van der Waals surface area contributed by atoms with Crippen LogP contribution in [0.5, 0.6) is 0 Å². The maximum absolute atomic E-state index is 14.6. The predicted octanol–water partition coefficient (Wildman–Crippen LogP) is 5.90. The van der Waals surface area contributed by atoms with Crippen LogP contribution in [0.2, 0.25) is 0 Å². The zero-order valence-corrected chi connectivity index (χ0v) is 34.3. The molecule has 4 N–H and O–H groups in total. The number of hydrogen-bond donors (Lipinski definition) is 4. The summed E-state index contributed by atoms with van der Waals surface area (Å²) in [4.78, 5) is 55.9. The Hall–Kier alpha value is -3.32. The van der Waals surface area contributed by atoms with E-state index in [-0.39, 0.29) is 30.9 Å². The normalized spacial score (nSPS) is 35.1. The van der Waals surface area contributed by atoms with E-state index in [9.17, 15) is 34.5 Å². The van der Waals surface area contributed by atoms with Crippen LogP contribution in [0, 0.1) is 28.1 Å². The van der Waals surface area contributed by atoms with Crippen molar-refractivity contribution in [3.63, 3.8) is 0 Å². The first-order chi connectivity index (χ1) is 25.5. The summed E-state index contributed by atoms with van der Waals surface area (Å²) in [5.74, 6) is -3.45. The summed E-state index contributed by atoms with van der Waals surface area (Å²) >= 11 is 0. The molecule has 1 heterocycles. The summed E-state index contributed by atoms with van der Waals surface area (Å²) in [7, 11) is 0. The number of rotatable bonds is 11. The highest BCUT2D eigenvalue weighted by Crippen LogP contribution is 2.66. The number of nitrogens with one attached hydrogen (secondary N) is 1. The van der Waals surface area contributed by atoms with Crippen molar-refractivity contribution in [3.05, 3.63) is 47.0 Å². The maximum Gasteiger partial charge on any atom is 0.408 e. The second-order valence-electron chi connectivity index (χ2n) is 18.4. The number of alkyl carbamates (subject to hydrolysis) is 1. The molecule has 0 radical (unpaired) electrons. The first kappa shape index (κ1) is 42.8. The Morgan fingerprint density at radius 2 is 1.69 bits per heavy atom. The molecule has 1 aromatic carbocycles. The van der Waals surface area contributed by atoms with E-state index < -0.39 is 93.6 Å². The Bertz CT molecular complexity index is 1650. The van der Waals surface area contributed by atoms with E-state index in [0.29, 0.717) is 24.2 Å². The van der Waals surface area contributed by atoms with Gasteiger partial charge in [0.1, 0.15) is 23.9 Å². The summed E-state index contributed by atoms with van der Waals surface area (Å²) in [6.45, 7) is 18.3. The minimum absolute atomic E-state index is 0.0411. The standard InChI is InChI=1S/C43H63NO11/c1-11-12-13-17-20-30(46)54-34(32(26-18-15-14-16-19-26)44-38(50)55-39(4,5)6)37(49)53-27-22-43(51)25(3)35-41(9)23-52-29(41)21-28(45)42(35,10)36(48)33(47)31(24(27)2)40(43,7)8/h14-16,18-19,25,27-29,32-35,45,47,51H,11-13,17,20-23H2,1-10H3,(H,44,50)/t25?,27-,28-,29+,32-,33+,34+,35?,41+,42+,43+/m0/s1. The Kier molecular flexibility index (Phi) is 12.1. The summed E-state index contributed by atoms with van der Waals surface area (Å²) in [5, 5.41) is 39.5. The molecular weight excluding hydrogens is 706 g/mol. The molecule has 2 saturated carbocycles. The van der Waals surface area contributed by atoms with Gasteiger partial charge in [0.25, 0.3) is 0 Å². The number of unbranched alkanes of at least 4 members (excludes halogenated alkanes) is 3. The van der Waals surface area contributed by atoms with Gasteiger partial charge in [0.2, 0.25) is 6.10 Å². The number of carbonyl (C=O) groups excluding carboxylic acids is 4. The van der Waals surface area contributed by atoms with Crippen LogP contribution in [0.15, 0.2) is 41.5 Å². The van der Waals surface area contributed by atoms with Crippen LogP contribution in [-0.2, 0) is 33.3 Å². The lowest BCUT2D eigenvalue weighted by Gasteiger charge is -2.68. The van der Waals surface area contributed by atoms with Gasteiger partial charge < -0.3 is 39.6 Å². The molecule has 2 bridgehead atoms. The molecule has 0 aromatic heterocycles. The van der Waals surface area contributed by atoms with E-state index in [1.165, 1.54) is 0 Å². The number of aliphatic hydroxyl groups is 3. The van der Waals surface area contributed by atoms with Crippen LogP contribution >= 0.6 is 0 Å². The number of hydrogen-bond acceptors (Lipinski definition) is 11. The Balaban J connectivity index is 1.57. The van der Waals surface area contributed by atoms with Crippen molar-refractivity contribution in [3.8, 4) is 0 Å². The van der Waals surface area contributed by atoms with Crippen LogP contribution < -0.4 is 5.32 Å². The topological polar surface area (TPSA) is 178 Å². The third kappa shape index (κ3) is 7.60. The van der Waals surface area contributed by atoms with Gasteiger partial charge in [0.15, 0.2) is 5.78 Å². The quantitative estimate of drug-likeness (QED) is 0.0913. The number of aliphatic hydroxyl groups excluding tert-OH is 2. The van der Waals surface area contributed by atoms with Crippen LogP contribution in [-0.4, -0.2) is 87.5 Å². The lowest BCUT2D eigenvalue weighted by atomic mass is 9.40. The van der Waals surface area contributed by atoms with Crippen LogP contribution in [0.25, 0.3) is 0 Å². The molecule has 11 atom stereocenters. The molecule has 2 unspecified atom stereocenters. The average Bonchev–Trinajstić information content (AvgIpc) is 3.10. The van der Waals surface area contributed by atoms with Gasteiger partial charge in [-0.25, -0.2) is 9.59 Å². The number of esters is 2. The van der Waals surface area contributed by atoms with Crippen LogP contribution in [0.4, 0.5) is 4.79 Å². The van der Waals surface area contributed by atoms with Crippen LogP contribution in [0.3, 0.4) is 0 Å². The number of Topliss-reactive ketones (excluding diaryl/α,β-unsaturated/α-hetero) is 1. The molecule has 1 saturated heterocycles. The van der Waals surface area contributed by atoms with Crippen molar-refractivity contribution in [2.45, 2.75) is 162 Å². The molecule has 1 aromatic rings. The third-order valence-electron chi connectivity index (χ3n) is 13.4. The fourth-order valence-electron chi connectivity index (χ4n) is 10.4. The highest BCUT2D eigenvalue weighted by atomic mass is 16.6. The van der Waals surface area contributed by atoms with Gasteiger partial charge in [0, 0.05) is 30.1 Å². The summed E-state index contributed by atoms with van der Waals surface area (Å²) in [5.41, 5.74) is -4.66. The van der Waals surface area contributed by atoms with Crippen molar-refractivity contribution < 1.29 is 53.4 Å². The first-order valence-corrected chi connectivity index (χ1v) is 19.9. The number of ketones is 1. The molecule has 55 heavy (non-hydrogen) atoms. The van der Waals surface area contributed by atoms with Gasteiger partial charge in [-0.1, -0.05) is 84.2 Å². The summed E-state index contributed by atoms with van der Waals surface area (Å²) < 4.78 is 23.6. The molecule has 12 heteroatoms. The van der Waals surface area contributed by atoms with Gasteiger partial charge >= 0.3 is 18.0 Å². The number of amides is 1. The van der Waals surface area contributed by atoms with Crippen LogP contribution in [0.1, 0.15) is 126 Å². The Morgan fingerprint density at radius 3 is 2.27 bits per heavy atom. The molecule has 1 amide bonds. The molecule has 3 aliphatic carbocycles. The van der Waals surface area contributed by atoms with Crippen molar-refractivity contribution >= 4 is 23.8 Å². The van der Waals surface area contributed by atoms with Gasteiger partial charge in [0.05, 0.1) is 29.8 Å². The zero-order chi connectivity index (χ0) is 40.9. The lowest BCUT2D eigenvalue weighted by Crippen LogP contribution is -2.75. The number of fused-ring (bicyclic) bond motifs is 5. The van der Waals surface area contributed by atoms with Gasteiger partial charge in [-0.3, -0.25) is 9.59 Å². The van der Waals surface area contributed by atoms with E-state index in [0.717, 1.165) is 19.3 Å². The minimum atomic E-state index is -1.72. The Labute approximate surface area is 325 Å². The van der Waals surface area contributed by atoms with E-state index >= 15 is 0 Å². The minimum Gasteiger partial charge on any atom is -0.455 e. The first-order valence-electron chi connectivity index (χ1n) is 19.9. The van der Waals surface area contributed by atoms with Gasteiger partial charge in [-0.2, -0.15) is 0 Å². The van der Waals surface area contributed by atoms with E-state index in [1.807, 2.05) is 13.8 Å². The summed E-state index contributed by atoms with van der Waals surface area (Å²) in [6.07, 6.45) is -3.45. The third-order valence-corrected chi connectivity index (χ3v) is 13.4. The average molecular weight is 770 g/mol. The van der Waals surface area contributed by atoms with E-state index in [2.05, 4.69) is 12.2 Å². The lowest BCUT2D eigenvalue weighted by molar-refractivity contribution is -0.302. The molecule has 5 rings (SSSR count). The van der Waals surface area contributed by atoms with Crippen molar-refractivity contribution in [2.75, 3.05) is 6.61 Å². The maximum atomic E-state index is 14.6. The van der Waals surface area contributed by atoms with Gasteiger partial charge in [-0.05, 0) is 69.6 Å². The monoisotopic (exact) mass is 769 g/mol. The molecule has 0 spiro atoms. The SMILES string of the molecule is CCCCCCC(=O)O[C@@H](C(=O)O[C@H]1C[C@@]2(O)C(C)C3[C@]4(C)CO[C@@H]4C[C@H](O)[C@@]3(C)C(=O)[C@H](O)C(=C1C)C2(C)C)[C@@H](NC(=O)OC(C)(C)C)c1ccccc1. The molecule has 3 fully saturated rings. The summed E-state index contributed by atoms with van der Waals surface area (Å²) in [6, 6.07) is 7.37. The predicted molar refractivity (Wildman–Crippen MR) is 203 cm³/mol. The number of carbonyl (C=O) groups is 4. The highest BCUT2D eigenvalue weighted by molar-refractivity contribution is 5.93. The molecule has 1 aliphatic heterocycles. The number of ether oxygens (including phenoxy) is 4. The highest BCUT2D eigenvalue weighted by Gasteiger charge is 2.73. The Morgan fingerprint density at radius 1 is 1.04 bits per heavy atom. The van der Waals surface area contributed by atoms with Crippen molar-refractivity contribution in [2.24, 2.45) is 28.1 Å². The second kappa shape index (κ2) is 15.6. The molecular formula is C43H63NO11. The fourth-order valence-corrected chi connectivity index (χ4v) is 10.4. The van der Waals surface area contributed by atoms with Crippen molar-refractivity contribution in [1.82, 2.24) is 5.32 Å². The number of benzene rings is 1. The largest absolute Gasteiger partial charge is 0.455 e. The van der Waals surface area contributed by atoms with Gasteiger partial charge in [-0.15, -0.1) is 0 Å². The molecule has 12 nitrogen and oxygen atoms in total. The second-order valence-corrected chi connectivity index (χ2v) is 18.4. The zero-order valence-electron chi connectivity index (χ0n) is 34.3. The van der Waals surface area contributed by atoms with Crippen molar-refractivity contribution in [1.29, 1.82) is 0 Å². The molecule has 4 aliphatic rings. The molecule has 306 valence electrons. The smallest absolute Gasteiger partial charge is 0.408 e. The fraction of sp³-hybridized carbons (Fsp3) is 0.721.